The van der Waals surface area contributed by atoms with Crippen LogP contribution in [0.3, 0.4) is 0 Å². The zero-order chi connectivity index (χ0) is 13.1. The Labute approximate surface area is 104 Å². The normalized spacial score (nSPS) is 21.7. The van der Waals surface area contributed by atoms with Crippen molar-refractivity contribution < 1.29 is 17.9 Å². The van der Waals surface area contributed by atoms with Gasteiger partial charge in [-0.2, -0.15) is 0 Å². The fourth-order valence-corrected chi connectivity index (χ4v) is 2.39. The van der Waals surface area contributed by atoms with Crippen molar-refractivity contribution >= 4 is 15.6 Å². The molecule has 1 saturated heterocycles. The van der Waals surface area contributed by atoms with E-state index in [-0.39, 0.29) is 11.9 Å². The van der Waals surface area contributed by atoms with Crippen molar-refractivity contribution in [2.75, 3.05) is 12.9 Å². The van der Waals surface area contributed by atoms with Crippen molar-refractivity contribution in [1.29, 1.82) is 0 Å². The molecule has 1 atom stereocenters. The second kappa shape index (κ2) is 5.48. The fraction of sp³-hybridized carbons (Fsp3) is 0.917. The molecular formula is C12H22O4S. The predicted molar refractivity (Wildman–Crippen MR) is 66.8 cm³/mol. The van der Waals surface area contributed by atoms with Gasteiger partial charge in [-0.1, -0.05) is 0 Å². The van der Waals surface area contributed by atoms with Gasteiger partial charge in [0.15, 0.2) is 15.6 Å². The van der Waals surface area contributed by atoms with Crippen LogP contribution in [-0.2, 0) is 19.4 Å². The SMILES string of the molecule is CC(C)(C(=O)CCCC1CCCO1)S(C)(=O)=O. The molecule has 17 heavy (non-hydrogen) atoms. The van der Waals surface area contributed by atoms with Crippen LogP contribution in [0.2, 0.25) is 0 Å². The summed E-state index contributed by atoms with van der Waals surface area (Å²) >= 11 is 0. The van der Waals surface area contributed by atoms with E-state index < -0.39 is 14.6 Å². The van der Waals surface area contributed by atoms with Crippen molar-refractivity contribution in [3.05, 3.63) is 0 Å². The van der Waals surface area contributed by atoms with Crippen LogP contribution < -0.4 is 0 Å². The number of rotatable bonds is 6. The van der Waals surface area contributed by atoms with E-state index in [1.54, 1.807) is 0 Å². The molecule has 4 nitrogen and oxygen atoms in total. The first kappa shape index (κ1) is 14.6. The van der Waals surface area contributed by atoms with Crippen LogP contribution in [0.5, 0.6) is 0 Å². The molecular weight excluding hydrogens is 240 g/mol. The van der Waals surface area contributed by atoms with Gasteiger partial charge in [-0.05, 0) is 39.5 Å². The Balaban J connectivity index is 2.39. The van der Waals surface area contributed by atoms with Gasteiger partial charge in [-0.3, -0.25) is 4.79 Å². The molecule has 1 aliphatic rings. The lowest BCUT2D eigenvalue weighted by molar-refractivity contribution is -0.121. The van der Waals surface area contributed by atoms with Crippen LogP contribution in [0.15, 0.2) is 0 Å². The first-order chi connectivity index (χ1) is 7.75. The first-order valence-corrected chi connectivity index (χ1v) is 7.99. The molecule has 0 saturated carbocycles. The third-order valence-electron chi connectivity index (χ3n) is 3.55. The van der Waals surface area contributed by atoms with E-state index in [1.165, 1.54) is 13.8 Å². The molecule has 0 bridgehead atoms. The summed E-state index contributed by atoms with van der Waals surface area (Å²) in [5, 5.41) is 0. The molecule has 0 aromatic carbocycles. The third-order valence-corrected chi connectivity index (χ3v) is 5.63. The van der Waals surface area contributed by atoms with Gasteiger partial charge in [0.2, 0.25) is 0 Å². The van der Waals surface area contributed by atoms with Crippen molar-refractivity contribution in [1.82, 2.24) is 0 Å². The molecule has 1 aliphatic heterocycles. The lowest BCUT2D eigenvalue weighted by Gasteiger charge is -2.21. The quantitative estimate of drug-likeness (QED) is 0.731. The Morgan fingerprint density at radius 3 is 2.53 bits per heavy atom. The Hall–Kier alpha value is -0.420. The topological polar surface area (TPSA) is 60.4 Å². The zero-order valence-electron chi connectivity index (χ0n) is 10.9. The molecule has 0 aliphatic carbocycles. The molecule has 100 valence electrons. The predicted octanol–water partition coefficient (Wildman–Crippen LogP) is 1.73. The van der Waals surface area contributed by atoms with Gasteiger partial charge in [-0.15, -0.1) is 0 Å². The summed E-state index contributed by atoms with van der Waals surface area (Å²) < 4.78 is 27.1. The zero-order valence-corrected chi connectivity index (χ0v) is 11.7. The van der Waals surface area contributed by atoms with E-state index in [0.717, 1.165) is 32.1 Å². The van der Waals surface area contributed by atoms with Crippen molar-refractivity contribution in [2.24, 2.45) is 0 Å². The van der Waals surface area contributed by atoms with Crippen LogP contribution >= 0.6 is 0 Å². The number of carbonyl (C=O) groups excluding carboxylic acids is 1. The Morgan fingerprint density at radius 1 is 1.41 bits per heavy atom. The van der Waals surface area contributed by atoms with E-state index >= 15 is 0 Å². The highest BCUT2D eigenvalue weighted by molar-refractivity contribution is 7.92. The van der Waals surface area contributed by atoms with E-state index in [4.69, 9.17) is 4.74 Å². The lowest BCUT2D eigenvalue weighted by Crippen LogP contribution is -2.39. The summed E-state index contributed by atoms with van der Waals surface area (Å²) in [6, 6.07) is 0. The van der Waals surface area contributed by atoms with E-state index in [2.05, 4.69) is 0 Å². The van der Waals surface area contributed by atoms with E-state index in [1.807, 2.05) is 0 Å². The molecule has 1 fully saturated rings. The van der Waals surface area contributed by atoms with Crippen molar-refractivity contribution in [2.45, 2.75) is 56.8 Å². The van der Waals surface area contributed by atoms with Gasteiger partial charge in [0.1, 0.15) is 4.75 Å². The van der Waals surface area contributed by atoms with Crippen LogP contribution in [0.25, 0.3) is 0 Å². The summed E-state index contributed by atoms with van der Waals surface area (Å²) in [5.74, 6) is -0.196. The number of ether oxygens (including phenoxy) is 1. The number of Topliss-reactive ketones (excluding diaryl/α,β-unsaturated/α-hetero) is 1. The lowest BCUT2D eigenvalue weighted by atomic mass is 10.0. The molecule has 0 spiro atoms. The Kier molecular flexibility index (Phi) is 4.72. The minimum absolute atomic E-state index is 0.196. The molecule has 0 aromatic heterocycles. The maximum atomic E-state index is 11.9. The molecule has 1 unspecified atom stereocenters. The van der Waals surface area contributed by atoms with Crippen LogP contribution in [0.4, 0.5) is 0 Å². The second-order valence-corrected chi connectivity index (χ2v) is 7.80. The molecule has 0 amide bonds. The largest absolute Gasteiger partial charge is 0.378 e. The fourth-order valence-electron chi connectivity index (χ4n) is 1.87. The van der Waals surface area contributed by atoms with Crippen molar-refractivity contribution in [3.63, 3.8) is 0 Å². The average Bonchev–Trinajstić information content (AvgIpc) is 2.68. The second-order valence-electron chi connectivity index (χ2n) is 5.23. The molecule has 0 radical (unpaired) electrons. The Morgan fingerprint density at radius 2 is 2.06 bits per heavy atom. The maximum Gasteiger partial charge on any atom is 0.159 e. The van der Waals surface area contributed by atoms with Crippen LogP contribution in [0, 0.1) is 0 Å². The number of sulfone groups is 1. The summed E-state index contributed by atoms with van der Waals surface area (Å²) in [7, 11) is -3.33. The number of hydrogen-bond donors (Lipinski definition) is 0. The minimum Gasteiger partial charge on any atom is -0.378 e. The summed E-state index contributed by atoms with van der Waals surface area (Å²) in [4.78, 5) is 11.9. The summed E-state index contributed by atoms with van der Waals surface area (Å²) in [5.41, 5.74) is 0. The average molecular weight is 262 g/mol. The van der Waals surface area contributed by atoms with Crippen LogP contribution in [0.1, 0.15) is 46.0 Å². The molecule has 1 rings (SSSR count). The highest BCUT2D eigenvalue weighted by Crippen LogP contribution is 2.22. The number of hydrogen-bond acceptors (Lipinski definition) is 4. The summed E-state index contributed by atoms with van der Waals surface area (Å²) in [6.45, 7) is 3.78. The first-order valence-electron chi connectivity index (χ1n) is 6.09. The standard InChI is InChI=1S/C12H22O4S/c1-12(2,17(3,14)15)11(13)8-4-6-10-7-5-9-16-10/h10H,4-9H2,1-3H3. The minimum atomic E-state index is -3.33. The van der Waals surface area contributed by atoms with Crippen LogP contribution in [-0.4, -0.2) is 37.9 Å². The highest BCUT2D eigenvalue weighted by Gasteiger charge is 2.37. The third kappa shape index (κ3) is 3.78. The summed E-state index contributed by atoms with van der Waals surface area (Å²) in [6.07, 6.45) is 5.42. The maximum absolute atomic E-state index is 11.9. The Bertz CT molecular complexity index is 364. The van der Waals surface area contributed by atoms with Gasteiger partial charge in [-0.25, -0.2) is 8.42 Å². The van der Waals surface area contributed by atoms with Crippen molar-refractivity contribution in [3.8, 4) is 0 Å². The van der Waals surface area contributed by atoms with E-state index in [0.29, 0.717) is 12.8 Å². The van der Waals surface area contributed by atoms with Gasteiger partial charge in [0.25, 0.3) is 0 Å². The monoisotopic (exact) mass is 262 g/mol. The van der Waals surface area contributed by atoms with Gasteiger partial charge in [0.05, 0.1) is 6.10 Å². The van der Waals surface area contributed by atoms with Gasteiger partial charge in [0, 0.05) is 19.3 Å². The highest BCUT2D eigenvalue weighted by atomic mass is 32.2. The number of ketones is 1. The van der Waals surface area contributed by atoms with E-state index in [9.17, 15) is 13.2 Å². The van der Waals surface area contributed by atoms with Gasteiger partial charge >= 0.3 is 0 Å². The smallest absolute Gasteiger partial charge is 0.159 e. The molecule has 1 heterocycles. The molecule has 5 heteroatoms. The molecule has 0 aromatic rings. The van der Waals surface area contributed by atoms with Gasteiger partial charge < -0.3 is 4.74 Å². The molecule has 0 N–H and O–H groups in total. The number of carbonyl (C=O) groups is 1.